The molecule has 0 aliphatic heterocycles. The topological polar surface area (TPSA) is 35.2 Å². The van der Waals surface area contributed by atoms with Gasteiger partial charge in [0.15, 0.2) is 0 Å². The zero-order chi connectivity index (χ0) is 8.27. The Morgan fingerprint density at radius 3 is 2.82 bits per heavy atom. The Morgan fingerprint density at radius 1 is 1.55 bits per heavy atom. The fourth-order valence-electron chi connectivity index (χ4n) is 0.726. The predicted octanol–water partition coefficient (Wildman–Crippen LogP) is 2.49. The van der Waals surface area contributed by atoms with E-state index in [4.69, 9.17) is 17.5 Å². The lowest BCUT2D eigenvalue weighted by Crippen LogP contribution is -1.98. The predicted molar refractivity (Wildman–Crippen MR) is 48.1 cm³/mol. The van der Waals surface area contributed by atoms with Crippen LogP contribution < -0.4 is 5.90 Å². The molecule has 0 atom stereocenters. The van der Waals surface area contributed by atoms with Crippen molar-refractivity contribution in [1.82, 2.24) is 0 Å². The van der Waals surface area contributed by atoms with Gasteiger partial charge in [-0.2, -0.15) is 0 Å². The van der Waals surface area contributed by atoms with Crippen LogP contribution in [0.4, 0.5) is 0 Å². The van der Waals surface area contributed by atoms with Gasteiger partial charge in [0.2, 0.25) is 0 Å². The van der Waals surface area contributed by atoms with Crippen molar-refractivity contribution < 1.29 is 4.84 Å². The average Bonchev–Trinajstić information content (AvgIpc) is 1.98. The molecule has 11 heavy (non-hydrogen) atoms. The molecule has 0 saturated heterocycles. The minimum Gasteiger partial charge on any atom is -0.300 e. The van der Waals surface area contributed by atoms with E-state index in [2.05, 4.69) is 20.8 Å². The highest BCUT2D eigenvalue weighted by Gasteiger charge is 1.97. The Hall–Kier alpha value is -0.0900. The first-order valence-electron chi connectivity index (χ1n) is 2.99. The summed E-state index contributed by atoms with van der Waals surface area (Å²) in [6, 6.07) is 5.52. The van der Waals surface area contributed by atoms with Gasteiger partial charge >= 0.3 is 0 Å². The van der Waals surface area contributed by atoms with Crippen molar-refractivity contribution in [1.29, 1.82) is 0 Å². The van der Waals surface area contributed by atoms with Crippen molar-refractivity contribution in [3.05, 3.63) is 33.3 Å². The molecule has 0 saturated carbocycles. The molecule has 0 amide bonds. The second kappa shape index (κ2) is 4.07. The smallest absolute Gasteiger partial charge is 0.0930 e. The summed E-state index contributed by atoms with van der Waals surface area (Å²) in [5.74, 6) is 4.90. The van der Waals surface area contributed by atoms with Crippen molar-refractivity contribution in [2.45, 2.75) is 6.61 Å². The van der Waals surface area contributed by atoms with Gasteiger partial charge < -0.3 is 0 Å². The van der Waals surface area contributed by atoms with Crippen LogP contribution >= 0.6 is 27.5 Å². The number of hydrogen-bond donors (Lipinski definition) is 1. The fraction of sp³-hybridized carbons (Fsp3) is 0.143. The van der Waals surface area contributed by atoms with Gasteiger partial charge in [-0.15, -0.1) is 0 Å². The van der Waals surface area contributed by atoms with Crippen molar-refractivity contribution in [3.8, 4) is 0 Å². The Kier molecular flexibility index (Phi) is 3.33. The third kappa shape index (κ3) is 2.45. The molecule has 0 bridgehead atoms. The maximum Gasteiger partial charge on any atom is 0.0930 e. The molecule has 0 radical (unpaired) electrons. The van der Waals surface area contributed by atoms with Crippen LogP contribution in [0, 0.1) is 0 Å². The van der Waals surface area contributed by atoms with Crippen LogP contribution in [0.3, 0.4) is 0 Å². The van der Waals surface area contributed by atoms with Crippen molar-refractivity contribution >= 4 is 27.5 Å². The van der Waals surface area contributed by atoms with Gasteiger partial charge in [0, 0.05) is 4.47 Å². The quantitative estimate of drug-likeness (QED) is 0.801. The summed E-state index contributed by atoms with van der Waals surface area (Å²) in [6.45, 7) is 0.399. The molecule has 1 aromatic rings. The molecule has 0 aromatic heterocycles. The van der Waals surface area contributed by atoms with Gasteiger partial charge in [-0.3, -0.25) is 4.84 Å². The molecule has 0 unspecified atom stereocenters. The summed E-state index contributed by atoms with van der Waals surface area (Å²) >= 11 is 9.05. The SMILES string of the molecule is NOCc1ccc(Cl)c(Br)c1. The number of nitrogens with two attached hydrogens (primary N) is 1. The Balaban J connectivity index is 2.86. The second-order valence-electron chi connectivity index (χ2n) is 2.06. The summed E-state index contributed by atoms with van der Waals surface area (Å²) in [5.41, 5.74) is 0.990. The Labute approximate surface area is 78.4 Å². The monoisotopic (exact) mass is 235 g/mol. The van der Waals surface area contributed by atoms with Gasteiger partial charge in [0.25, 0.3) is 0 Å². The number of rotatable bonds is 2. The molecule has 2 nitrogen and oxygen atoms in total. The zero-order valence-corrected chi connectivity index (χ0v) is 8.02. The Bertz CT molecular complexity index is 254. The molecule has 0 aliphatic rings. The highest BCUT2D eigenvalue weighted by molar-refractivity contribution is 9.10. The van der Waals surface area contributed by atoms with Gasteiger partial charge in [0.05, 0.1) is 11.6 Å². The number of benzene rings is 1. The van der Waals surface area contributed by atoms with E-state index >= 15 is 0 Å². The normalized spacial score (nSPS) is 10.1. The highest BCUT2D eigenvalue weighted by Crippen LogP contribution is 2.23. The third-order valence-electron chi connectivity index (χ3n) is 1.23. The van der Waals surface area contributed by atoms with Gasteiger partial charge in [-0.05, 0) is 33.6 Å². The minimum absolute atomic E-state index is 0.399. The zero-order valence-electron chi connectivity index (χ0n) is 5.68. The van der Waals surface area contributed by atoms with E-state index in [1.54, 1.807) is 6.07 Å². The van der Waals surface area contributed by atoms with E-state index < -0.39 is 0 Å². The van der Waals surface area contributed by atoms with E-state index in [1.807, 2.05) is 12.1 Å². The van der Waals surface area contributed by atoms with Crippen molar-refractivity contribution in [3.63, 3.8) is 0 Å². The number of hydrogen-bond acceptors (Lipinski definition) is 2. The molecule has 0 spiro atoms. The minimum atomic E-state index is 0.399. The van der Waals surface area contributed by atoms with Gasteiger partial charge in [-0.1, -0.05) is 17.7 Å². The van der Waals surface area contributed by atoms with Crippen LogP contribution in [0.2, 0.25) is 5.02 Å². The fourth-order valence-corrected chi connectivity index (χ4v) is 1.27. The second-order valence-corrected chi connectivity index (χ2v) is 3.32. The standard InChI is InChI=1S/C7H7BrClNO/c8-6-3-5(4-11-10)1-2-7(6)9/h1-3H,4,10H2. The first kappa shape index (κ1) is 9.00. The Morgan fingerprint density at radius 2 is 2.27 bits per heavy atom. The summed E-state index contributed by atoms with van der Waals surface area (Å²) in [6.07, 6.45) is 0. The molecule has 60 valence electrons. The van der Waals surface area contributed by atoms with E-state index in [0.717, 1.165) is 10.0 Å². The maximum atomic E-state index is 5.76. The van der Waals surface area contributed by atoms with Crippen LogP contribution in [0.25, 0.3) is 0 Å². The van der Waals surface area contributed by atoms with Crippen LogP contribution in [0.1, 0.15) is 5.56 Å². The molecular formula is C7H7BrClNO. The van der Waals surface area contributed by atoms with Gasteiger partial charge in [0.1, 0.15) is 0 Å². The molecule has 4 heteroatoms. The first-order chi connectivity index (χ1) is 5.24. The van der Waals surface area contributed by atoms with Crippen LogP contribution in [-0.2, 0) is 11.4 Å². The largest absolute Gasteiger partial charge is 0.300 e. The van der Waals surface area contributed by atoms with E-state index in [9.17, 15) is 0 Å². The molecule has 0 fully saturated rings. The first-order valence-corrected chi connectivity index (χ1v) is 4.16. The maximum absolute atomic E-state index is 5.76. The molecule has 0 aliphatic carbocycles. The summed E-state index contributed by atoms with van der Waals surface area (Å²) < 4.78 is 0.855. The number of halogens is 2. The van der Waals surface area contributed by atoms with Gasteiger partial charge in [-0.25, -0.2) is 5.90 Å². The molecule has 1 rings (SSSR count). The van der Waals surface area contributed by atoms with E-state index in [0.29, 0.717) is 11.6 Å². The molecule has 2 N–H and O–H groups in total. The van der Waals surface area contributed by atoms with Crippen molar-refractivity contribution in [2.24, 2.45) is 5.90 Å². The van der Waals surface area contributed by atoms with Crippen LogP contribution in [0.5, 0.6) is 0 Å². The summed E-state index contributed by atoms with van der Waals surface area (Å²) in [4.78, 5) is 4.46. The van der Waals surface area contributed by atoms with Crippen LogP contribution in [-0.4, -0.2) is 0 Å². The molecule has 1 aromatic carbocycles. The summed E-state index contributed by atoms with van der Waals surface area (Å²) in [7, 11) is 0. The summed E-state index contributed by atoms with van der Waals surface area (Å²) in [5, 5.41) is 0.686. The lowest BCUT2D eigenvalue weighted by atomic mass is 10.2. The lowest BCUT2D eigenvalue weighted by molar-refractivity contribution is 0.124. The third-order valence-corrected chi connectivity index (χ3v) is 2.45. The van der Waals surface area contributed by atoms with Crippen LogP contribution in [0.15, 0.2) is 22.7 Å². The van der Waals surface area contributed by atoms with Crippen molar-refractivity contribution in [2.75, 3.05) is 0 Å². The van der Waals surface area contributed by atoms with E-state index in [-0.39, 0.29) is 0 Å². The highest BCUT2D eigenvalue weighted by atomic mass is 79.9. The average molecular weight is 236 g/mol. The van der Waals surface area contributed by atoms with E-state index in [1.165, 1.54) is 0 Å². The molecular weight excluding hydrogens is 229 g/mol. The molecule has 0 heterocycles. The lowest BCUT2D eigenvalue weighted by Gasteiger charge is -2.00.